The maximum Gasteiger partial charge on any atom is 0.106 e. The Hall–Kier alpha value is -7.10. The summed E-state index contributed by atoms with van der Waals surface area (Å²) < 4.78 is 4.93. The Morgan fingerprint density at radius 3 is 1.67 bits per heavy atom. The Balaban J connectivity index is 0.919. The molecule has 0 fully saturated rings. The largest absolute Gasteiger partial charge is 0.371 e. The van der Waals surface area contributed by atoms with Gasteiger partial charge in [0.25, 0.3) is 0 Å². The van der Waals surface area contributed by atoms with E-state index < -0.39 is 0 Å². The lowest BCUT2D eigenvalue weighted by Gasteiger charge is -2.27. The van der Waals surface area contributed by atoms with Gasteiger partial charge in [-0.2, -0.15) is 0 Å². The molecule has 58 heavy (non-hydrogen) atoms. The number of nitrogens with zero attached hydrogens (tertiary/aromatic N) is 2. The topological polar surface area (TPSA) is 21.9 Å². The quantitative estimate of drug-likeness (QED) is 0.180. The number of aromatic nitrogens is 2. The predicted octanol–water partition coefficient (Wildman–Crippen LogP) is 14.3. The monoisotopic (exact) mass is 745 g/mol. The molecule has 10 aromatic rings. The molecule has 0 saturated carbocycles. The fourth-order valence-corrected chi connectivity index (χ4v) is 9.54. The van der Waals surface area contributed by atoms with Crippen LogP contribution < -0.4 is 5.32 Å². The van der Waals surface area contributed by atoms with Gasteiger partial charge in [-0.3, -0.25) is 0 Å². The van der Waals surface area contributed by atoms with E-state index in [9.17, 15) is 0 Å². The minimum absolute atomic E-state index is 0.101. The van der Waals surface area contributed by atoms with E-state index in [2.05, 4.69) is 228 Å². The molecule has 0 spiro atoms. The number of allylic oxidation sites excluding steroid dienone is 1. The summed E-state index contributed by atoms with van der Waals surface area (Å²) in [6, 6.07) is 71.1. The van der Waals surface area contributed by atoms with Gasteiger partial charge in [0.05, 0.1) is 22.1 Å². The summed E-state index contributed by atoms with van der Waals surface area (Å²) in [7, 11) is 0. The van der Waals surface area contributed by atoms with E-state index >= 15 is 0 Å². The molecule has 1 aliphatic rings. The highest BCUT2D eigenvalue weighted by atomic mass is 15.2. The molecule has 0 saturated heterocycles. The summed E-state index contributed by atoms with van der Waals surface area (Å²) >= 11 is 0. The lowest BCUT2D eigenvalue weighted by Crippen LogP contribution is -2.27. The van der Waals surface area contributed by atoms with Crippen molar-refractivity contribution in [1.82, 2.24) is 14.5 Å². The van der Waals surface area contributed by atoms with Crippen molar-refractivity contribution in [3.8, 4) is 39.1 Å². The number of hydrogen-bond acceptors (Lipinski definition) is 1. The van der Waals surface area contributed by atoms with Crippen molar-refractivity contribution in [3.05, 3.63) is 212 Å². The van der Waals surface area contributed by atoms with Crippen molar-refractivity contribution < 1.29 is 0 Å². The number of rotatable bonds is 6. The van der Waals surface area contributed by atoms with E-state index in [1.807, 2.05) is 0 Å². The molecule has 3 nitrogen and oxygen atoms in total. The van der Waals surface area contributed by atoms with Crippen LogP contribution in [0.1, 0.15) is 31.0 Å². The zero-order valence-corrected chi connectivity index (χ0v) is 32.5. The lowest BCUT2D eigenvalue weighted by molar-refractivity contribution is 0.318. The van der Waals surface area contributed by atoms with Gasteiger partial charge in [0.1, 0.15) is 6.17 Å². The SMILES string of the molecule is CC1CC(c2cccc(-c3ccc(-c4ccccc4)cc3)c2)C=CNC1n1c2ccccc2c2cc(-c3ccc4c(c3)c3ccccc3n4-c3ccccc3)ccc21. The van der Waals surface area contributed by atoms with Crippen LogP contribution in [0.4, 0.5) is 0 Å². The number of hydrogen-bond donors (Lipinski definition) is 1. The third kappa shape index (κ3) is 5.82. The van der Waals surface area contributed by atoms with E-state index in [1.54, 1.807) is 0 Å². The molecule has 3 atom stereocenters. The summed E-state index contributed by atoms with van der Waals surface area (Å²) in [5.41, 5.74) is 14.9. The Kier molecular flexibility index (Phi) is 8.32. The van der Waals surface area contributed by atoms with Crippen molar-refractivity contribution in [3.63, 3.8) is 0 Å². The molecule has 1 aliphatic heterocycles. The van der Waals surface area contributed by atoms with Gasteiger partial charge in [0, 0.05) is 33.2 Å². The first-order valence-corrected chi connectivity index (χ1v) is 20.5. The second kappa shape index (κ2) is 14.1. The molecule has 3 unspecified atom stereocenters. The minimum atomic E-state index is 0.101. The van der Waals surface area contributed by atoms with Gasteiger partial charge in [-0.25, -0.2) is 0 Å². The molecule has 8 aromatic carbocycles. The van der Waals surface area contributed by atoms with Crippen molar-refractivity contribution >= 4 is 43.6 Å². The van der Waals surface area contributed by atoms with Crippen LogP contribution in [0.5, 0.6) is 0 Å². The second-order valence-corrected chi connectivity index (χ2v) is 15.9. The van der Waals surface area contributed by atoms with Gasteiger partial charge >= 0.3 is 0 Å². The Morgan fingerprint density at radius 1 is 0.431 bits per heavy atom. The van der Waals surface area contributed by atoms with Gasteiger partial charge < -0.3 is 14.5 Å². The van der Waals surface area contributed by atoms with Crippen molar-refractivity contribution in [2.24, 2.45) is 5.92 Å². The van der Waals surface area contributed by atoms with Crippen LogP contribution in [0.25, 0.3) is 82.7 Å². The molecule has 0 amide bonds. The average molecular weight is 746 g/mol. The average Bonchev–Trinajstić information content (AvgIpc) is 3.72. The van der Waals surface area contributed by atoms with Gasteiger partial charge in [0.15, 0.2) is 0 Å². The van der Waals surface area contributed by atoms with Crippen LogP contribution in [0.3, 0.4) is 0 Å². The van der Waals surface area contributed by atoms with Gasteiger partial charge in [-0.1, -0.05) is 159 Å². The molecule has 3 heteroatoms. The number of nitrogens with one attached hydrogen (secondary N) is 1. The standard InChI is InChI=1S/C55H43N3/c1-37-33-45(42-16-12-15-41(34-42)40-25-23-39(24-26-40)38-13-4-2-5-14-38)31-32-56-55(37)58-52-22-11-9-20-48(52)50-36-44(28-30-54(50)58)43-27-29-53-49(35-43)47-19-8-10-21-51(47)57(53)46-17-6-3-7-18-46/h2-32,34-37,45,55-56H,33H2,1H3. The van der Waals surface area contributed by atoms with Gasteiger partial charge in [-0.05, 0) is 106 Å². The Labute approximate surface area is 339 Å². The minimum Gasteiger partial charge on any atom is -0.371 e. The normalized spacial score (nSPS) is 16.9. The van der Waals surface area contributed by atoms with Crippen LogP contribution in [0.2, 0.25) is 0 Å². The number of fused-ring (bicyclic) bond motifs is 6. The smallest absolute Gasteiger partial charge is 0.106 e. The first-order valence-electron chi connectivity index (χ1n) is 20.5. The first kappa shape index (κ1) is 34.2. The zero-order chi connectivity index (χ0) is 38.6. The van der Waals surface area contributed by atoms with Crippen LogP contribution >= 0.6 is 0 Å². The number of benzene rings is 8. The highest BCUT2D eigenvalue weighted by Gasteiger charge is 2.27. The van der Waals surface area contributed by atoms with E-state index in [0.29, 0.717) is 11.8 Å². The summed E-state index contributed by atoms with van der Waals surface area (Å²) in [5, 5.41) is 8.97. The summed E-state index contributed by atoms with van der Waals surface area (Å²) in [6.45, 7) is 2.40. The molecule has 0 radical (unpaired) electrons. The van der Waals surface area contributed by atoms with Crippen molar-refractivity contribution in [1.29, 1.82) is 0 Å². The Morgan fingerprint density at radius 2 is 0.931 bits per heavy atom. The molecule has 0 bridgehead atoms. The maximum atomic E-state index is 3.87. The van der Waals surface area contributed by atoms with Crippen LogP contribution in [0, 0.1) is 5.92 Å². The molecule has 11 rings (SSSR count). The molecule has 278 valence electrons. The molecule has 0 aliphatic carbocycles. The third-order valence-corrected chi connectivity index (χ3v) is 12.4. The van der Waals surface area contributed by atoms with Crippen molar-refractivity contribution in [2.45, 2.75) is 25.4 Å². The fourth-order valence-electron chi connectivity index (χ4n) is 9.54. The molecule has 1 N–H and O–H groups in total. The first-order chi connectivity index (χ1) is 28.7. The molecular weight excluding hydrogens is 703 g/mol. The highest BCUT2D eigenvalue weighted by Crippen LogP contribution is 2.41. The second-order valence-electron chi connectivity index (χ2n) is 15.9. The molecule has 2 aromatic heterocycles. The molecule has 3 heterocycles. The van der Waals surface area contributed by atoms with E-state index in [1.165, 1.54) is 88.2 Å². The summed E-state index contributed by atoms with van der Waals surface area (Å²) in [5.74, 6) is 0.662. The maximum absolute atomic E-state index is 3.87. The van der Waals surface area contributed by atoms with Gasteiger partial charge in [-0.15, -0.1) is 0 Å². The van der Waals surface area contributed by atoms with E-state index in [4.69, 9.17) is 0 Å². The molecular formula is C55H43N3. The predicted molar refractivity (Wildman–Crippen MR) is 244 cm³/mol. The zero-order valence-electron chi connectivity index (χ0n) is 32.5. The van der Waals surface area contributed by atoms with Gasteiger partial charge in [0.2, 0.25) is 0 Å². The van der Waals surface area contributed by atoms with Crippen LogP contribution in [0.15, 0.2) is 206 Å². The van der Waals surface area contributed by atoms with Crippen LogP contribution in [-0.4, -0.2) is 9.13 Å². The van der Waals surface area contributed by atoms with E-state index in [-0.39, 0.29) is 6.17 Å². The third-order valence-electron chi connectivity index (χ3n) is 12.4. The van der Waals surface area contributed by atoms with Crippen molar-refractivity contribution in [2.75, 3.05) is 0 Å². The Bertz CT molecular complexity index is 3130. The number of para-hydroxylation sites is 3. The lowest BCUT2D eigenvalue weighted by atomic mass is 9.87. The van der Waals surface area contributed by atoms with E-state index in [0.717, 1.165) is 6.42 Å². The van der Waals surface area contributed by atoms with Crippen LogP contribution in [-0.2, 0) is 0 Å². The highest BCUT2D eigenvalue weighted by molar-refractivity contribution is 6.12. The summed E-state index contributed by atoms with van der Waals surface area (Å²) in [6.07, 6.45) is 5.71. The fraction of sp³-hybridized carbons (Fsp3) is 0.0909. The summed E-state index contributed by atoms with van der Waals surface area (Å²) in [4.78, 5) is 0.